The Labute approximate surface area is 91.3 Å². The Kier molecular flexibility index (Phi) is 4.35. The van der Waals surface area contributed by atoms with E-state index in [9.17, 15) is 4.79 Å². The first-order valence-corrected chi connectivity index (χ1v) is 5.33. The fourth-order valence-electron chi connectivity index (χ4n) is 1.25. The SMILES string of the molecule is CC(C)COC(=O)C(C)c1ccccc1. The molecule has 1 atom stereocenters. The molecule has 0 saturated heterocycles. The van der Waals surface area contributed by atoms with Crippen molar-refractivity contribution in [2.24, 2.45) is 5.92 Å². The lowest BCUT2D eigenvalue weighted by Gasteiger charge is -2.12. The van der Waals surface area contributed by atoms with Gasteiger partial charge in [-0.25, -0.2) is 0 Å². The van der Waals surface area contributed by atoms with Gasteiger partial charge in [0.1, 0.15) is 0 Å². The third-order valence-corrected chi connectivity index (χ3v) is 2.21. The highest BCUT2D eigenvalue weighted by Gasteiger charge is 2.16. The van der Waals surface area contributed by atoms with Gasteiger partial charge in [-0.1, -0.05) is 44.2 Å². The van der Waals surface area contributed by atoms with Gasteiger partial charge in [-0.3, -0.25) is 4.79 Å². The van der Waals surface area contributed by atoms with E-state index in [4.69, 9.17) is 4.74 Å². The fourth-order valence-corrected chi connectivity index (χ4v) is 1.25. The lowest BCUT2D eigenvalue weighted by atomic mass is 10.0. The van der Waals surface area contributed by atoms with Crippen LogP contribution in [0.5, 0.6) is 0 Å². The Hall–Kier alpha value is -1.31. The molecule has 0 aliphatic carbocycles. The minimum absolute atomic E-state index is 0.144. The van der Waals surface area contributed by atoms with Crippen molar-refractivity contribution in [2.45, 2.75) is 26.7 Å². The molecule has 0 bridgehead atoms. The highest BCUT2D eigenvalue weighted by molar-refractivity contribution is 5.77. The van der Waals surface area contributed by atoms with Crippen molar-refractivity contribution in [1.82, 2.24) is 0 Å². The number of carbonyl (C=O) groups excluding carboxylic acids is 1. The number of rotatable bonds is 4. The predicted molar refractivity (Wildman–Crippen MR) is 60.7 cm³/mol. The van der Waals surface area contributed by atoms with Gasteiger partial charge in [0.25, 0.3) is 0 Å². The summed E-state index contributed by atoms with van der Waals surface area (Å²) >= 11 is 0. The van der Waals surface area contributed by atoms with Crippen molar-refractivity contribution in [2.75, 3.05) is 6.61 Å². The molecule has 0 aromatic heterocycles. The second-order valence-electron chi connectivity index (χ2n) is 4.16. The molecule has 1 aromatic carbocycles. The molecule has 0 radical (unpaired) electrons. The molecule has 1 aromatic rings. The van der Waals surface area contributed by atoms with Crippen molar-refractivity contribution in [3.8, 4) is 0 Å². The summed E-state index contributed by atoms with van der Waals surface area (Å²) in [6, 6.07) is 9.70. The topological polar surface area (TPSA) is 26.3 Å². The molecule has 0 aliphatic heterocycles. The van der Waals surface area contributed by atoms with Gasteiger partial charge in [-0.05, 0) is 18.4 Å². The molecular weight excluding hydrogens is 188 g/mol. The monoisotopic (exact) mass is 206 g/mol. The molecule has 15 heavy (non-hydrogen) atoms. The zero-order valence-corrected chi connectivity index (χ0v) is 9.57. The van der Waals surface area contributed by atoms with Crippen LogP contribution in [0, 0.1) is 5.92 Å². The molecule has 82 valence electrons. The summed E-state index contributed by atoms with van der Waals surface area (Å²) in [6.07, 6.45) is 0. The second kappa shape index (κ2) is 5.54. The summed E-state index contributed by atoms with van der Waals surface area (Å²) in [5, 5.41) is 0. The maximum absolute atomic E-state index is 11.6. The minimum Gasteiger partial charge on any atom is -0.465 e. The van der Waals surface area contributed by atoms with Gasteiger partial charge in [0.2, 0.25) is 0 Å². The van der Waals surface area contributed by atoms with Crippen molar-refractivity contribution < 1.29 is 9.53 Å². The minimum atomic E-state index is -0.176. The van der Waals surface area contributed by atoms with E-state index in [1.54, 1.807) is 0 Å². The molecule has 0 aliphatic rings. The van der Waals surface area contributed by atoms with Gasteiger partial charge in [0, 0.05) is 0 Å². The van der Waals surface area contributed by atoms with E-state index >= 15 is 0 Å². The molecular formula is C13H18O2. The summed E-state index contributed by atoms with van der Waals surface area (Å²) in [6.45, 7) is 6.43. The summed E-state index contributed by atoms with van der Waals surface area (Å²) < 4.78 is 5.18. The van der Waals surface area contributed by atoms with Gasteiger partial charge in [0.05, 0.1) is 12.5 Å². The molecule has 0 heterocycles. The van der Waals surface area contributed by atoms with E-state index in [2.05, 4.69) is 0 Å². The van der Waals surface area contributed by atoms with E-state index < -0.39 is 0 Å². The summed E-state index contributed by atoms with van der Waals surface area (Å²) in [5.41, 5.74) is 1.01. The molecule has 1 rings (SSSR count). The van der Waals surface area contributed by atoms with Gasteiger partial charge < -0.3 is 4.74 Å². The molecule has 2 nitrogen and oxygen atoms in total. The van der Waals surface area contributed by atoms with Crippen LogP contribution in [0.2, 0.25) is 0 Å². The van der Waals surface area contributed by atoms with Crippen LogP contribution in [-0.4, -0.2) is 12.6 Å². The number of ether oxygens (including phenoxy) is 1. The van der Waals surface area contributed by atoms with Crippen LogP contribution in [-0.2, 0) is 9.53 Å². The van der Waals surface area contributed by atoms with E-state index in [0.29, 0.717) is 12.5 Å². The lowest BCUT2D eigenvalue weighted by molar-refractivity contribution is -0.146. The normalized spacial score (nSPS) is 12.5. The standard InChI is InChI=1S/C13H18O2/c1-10(2)9-15-13(14)11(3)12-7-5-4-6-8-12/h4-8,10-11H,9H2,1-3H3. The zero-order chi connectivity index (χ0) is 11.3. The van der Waals surface area contributed by atoms with Gasteiger partial charge in [0.15, 0.2) is 0 Å². The third-order valence-electron chi connectivity index (χ3n) is 2.21. The molecule has 0 fully saturated rings. The van der Waals surface area contributed by atoms with Gasteiger partial charge >= 0.3 is 5.97 Å². The average Bonchev–Trinajstić information content (AvgIpc) is 2.26. The number of hydrogen-bond donors (Lipinski definition) is 0. The number of esters is 1. The first-order chi connectivity index (χ1) is 7.11. The van der Waals surface area contributed by atoms with E-state index in [1.165, 1.54) is 0 Å². The van der Waals surface area contributed by atoms with Crippen molar-refractivity contribution in [1.29, 1.82) is 0 Å². The molecule has 1 unspecified atom stereocenters. The van der Waals surface area contributed by atoms with Crippen LogP contribution >= 0.6 is 0 Å². The Balaban J connectivity index is 2.54. The predicted octanol–water partition coefficient (Wildman–Crippen LogP) is 2.99. The van der Waals surface area contributed by atoms with Crippen LogP contribution in [0.4, 0.5) is 0 Å². The smallest absolute Gasteiger partial charge is 0.313 e. The zero-order valence-electron chi connectivity index (χ0n) is 9.57. The van der Waals surface area contributed by atoms with Crippen LogP contribution in [0.25, 0.3) is 0 Å². The highest BCUT2D eigenvalue weighted by Crippen LogP contribution is 2.16. The lowest BCUT2D eigenvalue weighted by Crippen LogP contribution is -2.16. The number of hydrogen-bond acceptors (Lipinski definition) is 2. The quantitative estimate of drug-likeness (QED) is 0.708. The van der Waals surface area contributed by atoms with Crippen LogP contribution < -0.4 is 0 Å². The van der Waals surface area contributed by atoms with Crippen LogP contribution in [0.15, 0.2) is 30.3 Å². The third kappa shape index (κ3) is 3.74. The van der Waals surface area contributed by atoms with Crippen molar-refractivity contribution in [3.63, 3.8) is 0 Å². The average molecular weight is 206 g/mol. The molecule has 2 heteroatoms. The fraction of sp³-hybridized carbons (Fsp3) is 0.462. The maximum atomic E-state index is 11.6. The molecule has 0 spiro atoms. The molecule has 0 N–H and O–H groups in total. The second-order valence-corrected chi connectivity index (χ2v) is 4.16. The molecule has 0 amide bonds. The Morgan fingerprint density at radius 3 is 2.33 bits per heavy atom. The number of carbonyl (C=O) groups is 1. The van der Waals surface area contributed by atoms with Gasteiger partial charge in [-0.2, -0.15) is 0 Å². The van der Waals surface area contributed by atoms with Crippen molar-refractivity contribution in [3.05, 3.63) is 35.9 Å². The van der Waals surface area contributed by atoms with E-state index in [1.807, 2.05) is 51.1 Å². The van der Waals surface area contributed by atoms with Crippen LogP contribution in [0.1, 0.15) is 32.3 Å². The van der Waals surface area contributed by atoms with E-state index in [-0.39, 0.29) is 11.9 Å². The largest absolute Gasteiger partial charge is 0.465 e. The summed E-state index contributed by atoms with van der Waals surface area (Å²) in [4.78, 5) is 11.6. The summed E-state index contributed by atoms with van der Waals surface area (Å²) in [7, 11) is 0. The Morgan fingerprint density at radius 2 is 1.80 bits per heavy atom. The maximum Gasteiger partial charge on any atom is 0.313 e. The van der Waals surface area contributed by atoms with Crippen molar-refractivity contribution >= 4 is 5.97 Å². The molecule has 0 saturated carbocycles. The summed E-state index contributed by atoms with van der Waals surface area (Å²) in [5.74, 6) is 0.0665. The van der Waals surface area contributed by atoms with E-state index in [0.717, 1.165) is 5.56 Å². The van der Waals surface area contributed by atoms with Crippen LogP contribution in [0.3, 0.4) is 0 Å². The number of benzene rings is 1. The van der Waals surface area contributed by atoms with Gasteiger partial charge in [-0.15, -0.1) is 0 Å². The first kappa shape index (κ1) is 11.8. The Bertz CT molecular complexity index is 304. The first-order valence-electron chi connectivity index (χ1n) is 5.33. The Morgan fingerprint density at radius 1 is 1.20 bits per heavy atom. The highest BCUT2D eigenvalue weighted by atomic mass is 16.5.